The SMILES string of the molecule is O=C(Nc1ccccc1-c1ccc(F)cc1F)c1nccnc1C(F)(F)F. The van der Waals surface area contributed by atoms with E-state index >= 15 is 0 Å². The quantitative estimate of drug-likeness (QED) is 0.672. The first-order valence-electron chi connectivity index (χ1n) is 7.51. The monoisotopic (exact) mass is 379 g/mol. The number of aromatic nitrogens is 2. The number of amides is 1. The summed E-state index contributed by atoms with van der Waals surface area (Å²) in [5.41, 5.74) is -2.18. The Morgan fingerprint density at radius 2 is 1.63 bits per heavy atom. The van der Waals surface area contributed by atoms with E-state index in [-0.39, 0.29) is 16.8 Å². The Labute approximate surface area is 149 Å². The molecule has 1 heterocycles. The average Bonchev–Trinajstić information content (AvgIpc) is 2.62. The Morgan fingerprint density at radius 1 is 0.926 bits per heavy atom. The summed E-state index contributed by atoms with van der Waals surface area (Å²) in [6.07, 6.45) is -3.10. The largest absolute Gasteiger partial charge is 0.435 e. The van der Waals surface area contributed by atoms with Crippen LogP contribution in [0.4, 0.5) is 27.6 Å². The second-order valence-corrected chi connectivity index (χ2v) is 5.38. The van der Waals surface area contributed by atoms with Gasteiger partial charge in [0.25, 0.3) is 5.91 Å². The smallest absolute Gasteiger partial charge is 0.320 e. The summed E-state index contributed by atoms with van der Waals surface area (Å²) in [6, 6.07) is 8.71. The van der Waals surface area contributed by atoms with Gasteiger partial charge in [-0.15, -0.1) is 0 Å². The molecule has 0 aliphatic carbocycles. The van der Waals surface area contributed by atoms with Crippen molar-refractivity contribution in [1.82, 2.24) is 9.97 Å². The Bertz CT molecular complexity index is 1000. The molecule has 0 saturated heterocycles. The van der Waals surface area contributed by atoms with E-state index in [2.05, 4.69) is 15.3 Å². The number of rotatable bonds is 3. The molecule has 4 nitrogen and oxygen atoms in total. The minimum atomic E-state index is -4.87. The molecule has 0 aliphatic rings. The number of hydrogen-bond acceptors (Lipinski definition) is 3. The zero-order chi connectivity index (χ0) is 19.6. The van der Waals surface area contributed by atoms with Gasteiger partial charge in [-0.3, -0.25) is 4.79 Å². The van der Waals surface area contributed by atoms with E-state index in [0.717, 1.165) is 18.5 Å². The van der Waals surface area contributed by atoms with Gasteiger partial charge in [0.15, 0.2) is 11.4 Å². The number of hydrogen-bond donors (Lipinski definition) is 1. The lowest BCUT2D eigenvalue weighted by Gasteiger charge is -2.13. The van der Waals surface area contributed by atoms with Crippen LogP contribution in [-0.2, 0) is 6.18 Å². The summed E-state index contributed by atoms with van der Waals surface area (Å²) in [6.45, 7) is 0. The summed E-state index contributed by atoms with van der Waals surface area (Å²) in [5.74, 6) is -2.83. The third kappa shape index (κ3) is 3.91. The van der Waals surface area contributed by atoms with Crippen molar-refractivity contribution in [3.8, 4) is 11.1 Å². The van der Waals surface area contributed by atoms with Crippen LogP contribution in [0.15, 0.2) is 54.9 Å². The molecular formula is C18H10F5N3O. The Morgan fingerprint density at radius 3 is 2.33 bits per heavy atom. The Hall–Kier alpha value is -3.36. The normalized spacial score (nSPS) is 11.3. The fraction of sp³-hybridized carbons (Fsp3) is 0.0556. The first kappa shape index (κ1) is 18.4. The lowest BCUT2D eigenvalue weighted by Crippen LogP contribution is -2.22. The van der Waals surface area contributed by atoms with Crippen molar-refractivity contribution >= 4 is 11.6 Å². The maximum absolute atomic E-state index is 14.1. The van der Waals surface area contributed by atoms with Gasteiger partial charge in [0.2, 0.25) is 0 Å². The number of carbonyl (C=O) groups is 1. The Kier molecular flexibility index (Phi) is 4.85. The fourth-order valence-corrected chi connectivity index (χ4v) is 2.43. The first-order valence-corrected chi connectivity index (χ1v) is 7.51. The number of anilines is 1. The first-order chi connectivity index (χ1) is 12.8. The molecule has 0 saturated carbocycles. The molecule has 0 bridgehead atoms. The lowest BCUT2D eigenvalue weighted by molar-refractivity contribution is -0.141. The molecule has 27 heavy (non-hydrogen) atoms. The standard InChI is InChI=1S/C18H10F5N3O/c19-10-5-6-11(13(20)9-10)12-3-1-2-4-14(12)26-17(27)15-16(18(21,22)23)25-8-7-24-15/h1-9H,(H,26,27). The molecule has 2 aromatic carbocycles. The van der Waals surface area contributed by atoms with Gasteiger partial charge in [0, 0.05) is 35.3 Å². The summed E-state index contributed by atoms with van der Waals surface area (Å²) >= 11 is 0. The second kappa shape index (κ2) is 7.10. The topological polar surface area (TPSA) is 54.9 Å². The van der Waals surface area contributed by atoms with Crippen molar-refractivity contribution in [2.45, 2.75) is 6.18 Å². The molecule has 138 valence electrons. The van der Waals surface area contributed by atoms with Gasteiger partial charge in [-0.25, -0.2) is 18.7 Å². The predicted molar refractivity (Wildman–Crippen MR) is 86.8 cm³/mol. The second-order valence-electron chi connectivity index (χ2n) is 5.38. The van der Waals surface area contributed by atoms with Gasteiger partial charge in [0.1, 0.15) is 11.6 Å². The van der Waals surface area contributed by atoms with Crippen LogP contribution in [0.1, 0.15) is 16.2 Å². The molecule has 0 atom stereocenters. The maximum Gasteiger partial charge on any atom is 0.435 e. The third-order valence-corrected chi connectivity index (χ3v) is 3.58. The van der Waals surface area contributed by atoms with Crippen molar-refractivity contribution in [2.24, 2.45) is 0 Å². The van der Waals surface area contributed by atoms with Crippen LogP contribution >= 0.6 is 0 Å². The van der Waals surface area contributed by atoms with Crippen LogP contribution in [0, 0.1) is 11.6 Å². The molecule has 0 aliphatic heterocycles. The van der Waals surface area contributed by atoms with E-state index in [1.807, 2.05) is 0 Å². The molecule has 0 fully saturated rings. The minimum absolute atomic E-state index is 0.0255. The van der Waals surface area contributed by atoms with Gasteiger partial charge in [-0.05, 0) is 18.2 Å². The zero-order valence-electron chi connectivity index (χ0n) is 13.4. The zero-order valence-corrected chi connectivity index (χ0v) is 13.4. The predicted octanol–water partition coefficient (Wildman–Crippen LogP) is 4.69. The number of alkyl halides is 3. The number of nitrogens with one attached hydrogen (secondary N) is 1. The molecule has 3 rings (SSSR count). The van der Waals surface area contributed by atoms with E-state index < -0.39 is 35.1 Å². The van der Waals surface area contributed by atoms with E-state index in [1.165, 1.54) is 30.3 Å². The Balaban J connectivity index is 2.00. The van der Waals surface area contributed by atoms with E-state index in [4.69, 9.17) is 0 Å². The summed E-state index contributed by atoms with van der Waals surface area (Å²) in [7, 11) is 0. The summed E-state index contributed by atoms with van der Waals surface area (Å²) in [5, 5.41) is 2.28. The van der Waals surface area contributed by atoms with Crippen molar-refractivity contribution in [3.05, 3.63) is 77.9 Å². The van der Waals surface area contributed by atoms with Crippen LogP contribution in [0.5, 0.6) is 0 Å². The number of para-hydroxylation sites is 1. The molecule has 1 amide bonds. The molecule has 9 heteroatoms. The average molecular weight is 379 g/mol. The van der Waals surface area contributed by atoms with E-state index in [9.17, 15) is 26.7 Å². The molecule has 0 spiro atoms. The van der Waals surface area contributed by atoms with Crippen molar-refractivity contribution in [3.63, 3.8) is 0 Å². The molecule has 0 unspecified atom stereocenters. The highest BCUT2D eigenvalue weighted by molar-refractivity contribution is 6.05. The lowest BCUT2D eigenvalue weighted by atomic mass is 10.0. The van der Waals surface area contributed by atoms with Gasteiger partial charge in [0.05, 0.1) is 0 Å². The number of benzene rings is 2. The fourth-order valence-electron chi connectivity index (χ4n) is 2.43. The van der Waals surface area contributed by atoms with Gasteiger partial charge < -0.3 is 5.32 Å². The van der Waals surface area contributed by atoms with Gasteiger partial charge in [-0.2, -0.15) is 13.2 Å². The van der Waals surface area contributed by atoms with Crippen LogP contribution in [0.2, 0.25) is 0 Å². The van der Waals surface area contributed by atoms with Crippen molar-refractivity contribution in [2.75, 3.05) is 5.32 Å². The highest BCUT2D eigenvalue weighted by atomic mass is 19.4. The number of halogens is 5. The molecule has 3 aromatic rings. The highest BCUT2D eigenvalue weighted by Gasteiger charge is 2.38. The number of carbonyl (C=O) groups excluding carboxylic acids is 1. The van der Waals surface area contributed by atoms with Crippen LogP contribution in [-0.4, -0.2) is 15.9 Å². The van der Waals surface area contributed by atoms with Crippen molar-refractivity contribution in [1.29, 1.82) is 0 Å². The summed E-state index contributed by atoms with van der Waals surface area (Å²) in [4.78, 5) is 19.0. The molecular weight excluding hydrogens is 369 g/mol. The third-order valence-electron chi connectivity index (χ3n) is 3.58. The highest BCUT2D eigenvalue weighted by Crippen LogP contribution is 2.32. The number of nitrogens with zero attached hydrogens (tertiary/aromatic N) is 2. The molecule has 1 aromatic heterocycles. The maximum atomic E-state index is 14.1. The summed E-state index contributed by atoms with van der Waals surface area (Å²) < 4.78 is 66.2. The molecule has 0 radical (unpaired) electrons. The van der Waals surface area contributed by atoms with Crippen LogP contribution in [0.3, 0.4) is 0 Å². The van der Waals surface area contributed by atoms with E-state index in [0.29, 0.717) is 6.07 Å². The van der Waals surface area contributed by atoms with Gasteiger partial charge >= 0.3 is 6.18 Å². The minimum Gasteiger partial charge on any atom is -0.320 e. The van der Waals surface area contributed by atoms with Crippen molar-refractivity contribution < 1.29 is 26.7 Å². The van der Waals surface area contributed by atoms with Gasteiger partial charge in [-0.1, -0.05) is 18.2 Å². The molecule has 1 N–H and O–H groups in total. The van der Waals surface area contributed by atoms with Crippen LogP contribution < -0.4 is 5.32 Å². The van der Waals surface area contributed by atoms with E-state index in [1.54, 1.807) is 0 Å². The van der Waals surface area contributed by atoms with Crippen LogP contribution in [0.25, 0.3) is 11.1 Å².